The number of hydrogen-bond donors (Lipinski definition) is 0. The maximum Gasteiger partial charge on any atom is 0.163 e. The Labute approximate surface area is 111 Å². The number of carbonyl (C=O) groups is 1. The normalized spacial score (nSPS) is 10.6. The first-order chi connectivity index (χ1) is 8.58. The Morgan fingerprint density at radius 3 is 2.83 bits per heavy atom. The van der Waals surface area contributed by atoms with Gasteiger partial charge in [0.2, 0.25) is 0 Å². The third-order valence-electron chi connectivity index (χ3n) is 3.03. The average molecular weight is 263 g/mol. The molecule has 0 N–H and O–H groups in total. The van der Waals surface area contributed by atoms with Gasteiger partial charge in [-0.25, -0.2) is 0 Å². The van der Waals surface area contributed by atoms with E-state index in [-0.39, 0.29) is 5.78 Å². The maximum atomic E-state index is 12.1. The molecule has 0 radical (unpaired) electrons. The minimum Gasteiger partial charge on any atom is -0.294 e. The Bertz CT molecular complexity index is 575. The first-order valence-corrected chi connectivity index (χ1v) is 6.22. The van der Waals surface area contributed by atoms with Gasteiger partial charge in [0.1, 0.15) is 0 Å². The summed E-state index contributed by atoms with van der Waals surface area (Å²) in [5.41, 5.74) is 2.74. The van der Waals surface area contributed by atoms with Gasteiger partial charge in [0.25, 0.3) is 0 Å². The fourth-order valence-corrected chi connectivity index (χ4v) is 2.09. The minimum absolute atomic E-state index is 0.121. The highest BCUT2D eigenvalue weighted by atomic mass is 35.5. The fourth-order valence-electron chi connectivity index (χ4n) is 1.92. The molecule has 0 aliphatic heterocycles. The van der Waals surface area contributed by atoms with Crippen LogP contribution in [0, 0.1) is 6.92 Å². The van der Waals surface area contributed by atoms with Gasteiger partial charge < -0.3 is 0 Å². The van der Waals surface area contributed by atoms with Gasteiger partial charge in [0.15, 0.2) is 5.78 Å². The van der Waals surface area contributed by atoms with Crippen molar-refractivity contribution in [3.05, 3.63) is 52.3 Å². The fraction of sp³-hybridized carbons (Fsp3) is 0.286. The van der Waals surface area contributed by atoms with Gasteiger partial charge in [-0.05, 0) is 37.1 Å². The molecule has 0 atom stereocenters. The number of rotatable bonds is 4. The minimum atomic E-state index is 0.121. The van der Waals surface area contributed by atoms with Crippen molar-refractivity contribution in [1.82, 2.24) is 9.78 Å². The van der Waals surface area contributed by atoms with E-state index in [1.54, 1.807) is 23.0 Å². The van der Waals surface area contributed by atoms with Crippen molar-refractivity contribution in [1.29, 1.82) is 0 Å². The van der Waals surface area contributed by atoms with Gasteiger partial charge in [-0.2, -0.15) is 5.10 Å². The summed E-state index contributed by atoms with van der Waals surface area (Å²) < 4.78 is 1.79. The summed E-state index contributed by atoms with van der Waals surface area (Å²) >= 11 is 5.92. The molecule has 1 aromatic heterocycles. The molecule has 0 aliphatic rings. The number of Topliss-reactive ketones (excluding diaryl/α,β-unsaturated/α-hetero) is 1. The van der Waals surface area contributed by atoms with Crippen LogP contribution in [0.15, 0.2) is 30.5 Å². The molecule has 94 valence electrons. The van der Waals surface area contributed by atoms with Crippen LogP contribution in [0.2, 0.25) is 5.02 Å². The lowest BCUT2D eigenvalue weighted by Crippen LogP contribution is -2.06. The second kappa shape index (κ2) is 5.36. The Kier molecular flexibility index (Phi) is 3.82. The van der Waals surface area contributed by atoms with Gasteiger partial charge in [-0.3, -0.25) is 9.48 Å². The zero-order valence-corrected chi connectivity index (χ0v) is 11.2. The summed E-state index contributed by atoms with van der Waals surface area (Å²) in [6.45, 7) is 1.92. The first-order valence-electron chi connectivity index (χ1n) is 5.84. The summed E-state index contributed by atoms with van der Waals surface area (Å²) in [6, 6.07) is 7.34. The second-order valence-corrected chi connectivity index (χ2v) is 4.77. The van der Waals surface area contributed by atoms with Crippen LogP contribution >= 0.6 is 11.6 Å². The van der Waals surface area contributed by atoms with Crippen molar-refractivity contribution in [2.24, 2.45) is 7.05 Å². The third kappa shape index (κ3) is 2.79. The van der Waals surface area contributed by atoms with E-state index in [4.69, 9.17) is 11.6 Å². The van der Waals surface area contributed by atoms with Crippen molar-refractivity contribution >= 4 is 17.4 Å². The summed E-state index contributed by atoms with van der Waals surface area (Å²) in [5.74, 6) is 0.121. The van der Waals surface area contributed by atoms with Crippen LogP contribution < -0.4 is 0 Å². The van der Waals surface area contributed by atoms with E-state index in [0.29, 0.717) is 23.4 Å². The van der Waals surface area contributed by atoms with Crippen molar-refractivity contribution in [2.75, 3.05) is 0 Å². The van der Waals surface area contributed by atoms with Crippen molar-refractivity contribution in [3.63, 3.8) is 0 Å². The molecule has 2 rings (SSSR count). The number of benzene rings is 1. The van der Waals surface area contributed by atoms with Crippen molar-refractivity contribution in [3.8, 4) is 0 Å². The molecule has 0 amide bonds. The quantitative estimate of drug-likeness (QED) is 0.793. The predicted octanol–water partition coefficient (Wildman–Crippen LogP) is 3.20. The molecule has 0 bridgehead atoms. The van der Waals surface area contributed by atoms with Crippen molar-refractivity contribution < 1.29 is 4.79 Å². The van der Waals surface area contributed by atoms with E-state index in [9.17, 15) is 4.79 Å². The lowest BCUT2D eigenvalue weighted by molar-refractivity contribution is 0.0981. The lowest BCUT2D eigenvalue weighted by atomic mass is 10.0. The smallest absolute Gasteiger partial charge is 0.163 e. The number of aromatic nitrogens is 2. The van der Waals surface area contributed by atoms with Crippen LogP contribution in [0.4, 0.5) is 0 Å². The molecule has 0 saturated heterocycles. The van der Waals surface area contributed by atoms with Gasteiger partial charge in [-0.15, -0.1) is 0 Å². The highest BCUT2D eigenvalue weighted by Crippen LogP contribution is 2.17. The molecule has 0 unspecified atom stereocenters. The highest BCUT2D eigenvalue weighted by molar-refractivity contribution is 6.31. The van der Waals surface area contributed by atoms with Crippen LogP contribution in [-0.4, -0.2) is 15.6 Å². The molecular formula is C14H15ClN2O. The monoisotopic (exact) mass is 262 g/mol. The van der Waals surface area contributed by atoms with Crippen LogP contribution in [0.5, 0.6) is 0 Å². The van der Waals surface area contributed by atoms with E-state index in [1.807, 2.05) is 26.1 Å². The molecule has 1 aromatic carbocycles. The summed E-state index contributed by atoms with van der Waals surface area (Å²) in [6.07, 6.45) is 2.91. The molecule has 0 saturated carbocycles. The molecule has 1 heterocycles. The molecule has 0 aliphatic carbocycles. The van der Waals surface area contributed by atoms with Gasteiger partial charge in [0, 0.05) is 35.9 Å². The summed E-state index contributed by atoms with van der Waals surface area (Å²) in [5, 5.41) is 4.68. The van der Waals surface area contributed by atoms with Gasteiger partial charge in [-0.1, -0.05) is 17.7 Å². The zero-order valence-electron chi connectivity index (χ0n) is 10.5. The van der Waals surface area contributed by atoms with Crippen LogP contribution in [0.3, 0.4) is 0 Å². The van der Waals surface area contributed by atoms with E-state index in [1.165, 1.54) is 0 Å². The Balaban J connectivity index is 2.08. The van der Waals surface area contributed by atoms with Crippen LogP contribution in [0.1, 0.15) is 28.0 Å². The molecular weight excluding hydrogens is 248 g/mol. The summed E-state index contributed by atoms with van der Waals surface area (Å²) in [7, 11) is 1.88. The number of nitrogens with zero attached hydrogens (tertiary/aromatic N) is 2. The number of hydrogen-bond acceptors (Lipinski definition) is 2. The second-order valence-electron chi connectivity index (χ2n) is 4.33. The standard InChI is InChI=1S/C14H15ClN2O/c1-10-3-4-11(15)9-13(10)14(18)6-5-12-7-8-16-17(12)2/h3-4,7-9H,5-6H2,1-2H3. The van der Waals surface area contributed by atoms with E-state index >= 15 is 0 Å². The maximum absolute atomic E-state index is 12.1. The van der Waals surface area contributed by atoms with Crippen LogP contribution in [0.25, 0.3) is 0 Å². The van der Waals surface area contributed by atoms with E-state index in [2.05, 4.69) is 5.10 Å². The Morgan fingerprint density at radius 1 is 1.39 bits per heavy atom. The number of halogens is 1. The molecule has 0 spiro atoms. The number of ketones is 1. The van der Waals surface area contributed by atoms with E-state index in [0.717, 1.165) is 11.3 Å². The molecule has 4 heteroatoms. The highest BCUT2D eigenvalue weighted by Gasteiger charge is 2.10. The molecule has 2 aromatic rings. The number of carbonyl (C=O) groups excluding carboxylic acids is 1. The van der Waals surface area contributed by atoms with Crippen molar-refractivity contribution in [2.45, 2.75) is 19.8 Å². The zero-order chi connectivity index (χ0) is 13.1. The number of aryl methyl sites for hydroxylation is 3. The molecule has 3 nitrogen and oxygen atoms in total. The van der Waals surface area contributed by atoms with Gasteiger partial charge >= 0.3 is 0 Å². The molecule has 18 heavy (non-hydrogen) atoms. The average Bonchev–Trinajstić information content (AvgIpc) is 2.75. The van der Waals surface area contributed by atoms with Gasteiger partial charge in [0.05, 0.1) is 0 Å². The molecule has 0 fully saturated rings. The third-order valence-corrected chi connectivity index (χ3v) is 3.27. The first kappa shape index (κ1) is 12.8. The topological polar surface area (TPSA) is 34.9 Å². The lowest BCUT2D eigenvalue weighted by Gasteiger charge is -2.06. The Morgan fingerprint density at radius 2 is 2.17 bits per heavy atom. The summed E-state index contributed by atoms with van der Waals surface area (Å²) in [4.78, 5) is 12.1. The predicted molar refractivity (Wildman–Crippen MR) is 72.0 cm³/mol. The largest absolute Gasteiger partial charge is 0.294 e. The van der Waals surface area contributed by atoms with E-state index < -0.39 is 0 Å². The Hall–Kier alpha value is -1.61. The van der Waals surface area contributed by atoms with Crippen LogP contribution in [-0.2, 0) is 13.5 Å². The SMILES string of the molecule is Cc1ccc(Cl)cc1C(=O)CCc1ccnn1C.